The van der Waals surface area contributed by atoms with Gasteiger partial charge in [0.1, 0.15) is 0 Å². The zero-order valence-electron chi connectivity index (χ0n) is 16.7. The van der Waals surface area contributed by atoms with Gasteiger partial charge in [0, 0.05) is 17.5 Å². The molecule has 30 heavy (non-hydrogen) atoms. The molecule has 4 rings (SSSR count). The molecule has 0 unspecified atom stereocenters. The summed E-state index contributed by atoms with van der Waals surface area (Å²) in [4.78, 5) is 25.8. The Morgan fingerprint density at radius 1 is 0.767 bits per heavy atom. The highest BCUT2D eigenvalue weighted by molar-refractivity contribution is 5.85. The van der Waals surface area contributed by atoms with E-state index in [1.54, 1.807) is 0 Å². The summed E-state index contributed by atoms with van der Waals surface area (Å²) >= 11 is 0. The summed E-state index contributed by atoms with van der Waals surface area (Å²) in [6.07, 6.45) is 1.18. The monoisotopic (exact) mass is 399 g/mol. The van der Waals surface area contributed by atoms with Crippen LogP contribution in [0.4, 0.5) is 0 Å². The minimum atomic E-state index is -0.938. The Morgan fingerprint density at radius 3 is 1.70 bits per heavy atom. The van der Waals surface area contributed by atoms with Gasteiger partial charge in [-0.15, -0.1) is 0 Å². The maximum Gasteiger partial charge on any atom is 0.307 e. The Kier molecular flexibility index (Phi) is 6.23. The predicted molar refractivity (Wildman–Crippen MR) is 116 cm³/mol. The van der Waals surface area contributed by atoms with Gasteiger partial charge in [-0.1, -0.05) is 91.0 Å². The van der Waals surface area contributed by atoms with Gasteiger partial charge in [-0.05, 0) is 24.0 Å². The maximum atomic E-state index is 13.0. The molecule has 0 spiro atoms. The molecular formula is C26H25NO3. The van der Waals surface area contributed by atoms with E-state index in [1.807, 2.05) is 91.0 Å². The average molecular weight is 399 g/mol. The predicted octanol–water partition coefficient (Wildman–Crippen LogP) is 4.77. The molecule has 4 heteroatoms. The Balaban J connectivity index is 1.54. The molecule has 1 amide bonds. The number of carbonyl (C=O) groups excluding carboxylic acids is 2. The number of nitrogens with one attached hydrogen (secondary N) is 1. The first-order valence-electron chi connectivity index (χ1n) is 10.4. The molecule has 1 atom stereocenters. The molecule has 3 aromatic carbocycles. The van der Waals surface area contributed by atoms with Crippen LogP contribution in [-0.2, 0) is 14.3 Å². The van der Waals surface area contributed by atoms with E-state index in [-0.39, 0.29) is 24.3 Å². The lowest BCUT2D eigenvalue weighted by Crippen LogP contribution is -2.33. The topological polar surface area (TPSA) is 55.4 Å². The molecule has 0 aromatic heterocycles. The number of hydrogen-bond acceptors (Lipinski definition) is 3. The van der Waals surface area contributed by atoms with Crippen molar-refractivity contribution in [2.45, 2.75) is 37.3 Å². The van der Waals surface area contributed by atoms with Gasteiger partial charge in [-0.2, -0.15) is 0 Å². The number of carbonyl (C=O) groups is 2. The largest absolute Gasteiger partial charge is 0.447 e. The van der Waals surface area contributed by atoms with Gasteiger partial charge in [0.15, 0.2) is 0 Å². The van der Waals surface area contributed by atoms with Crippen LogP contribution in [0.2, 0.25) is 0 Å². The van der Waals surface area contributed by atoms with Gasteiger partial charge in [-0.3, -0.25) is 9.59 Å². The van der Waals surface area contributed by atoms with Crippen LogP contribution >= 0.6 is 0 Å². The molecule has 1 N–H and O–H groups in total. The number of esters is 1. The van der Waals surface area contributed by atoms with Crippen LogP contribution in [0.25, 0.3) is 0 Å². The van der Waals surface area contributed by atoms with Crippen LogP contribution in [0.15, 0.2) is 91.0 Å². The first-order chi connectivity index (χ1) is 14.7. The normalized spacial score (nSPS) is 14.2. The summed E-state index contributed by atoms with van der Waals surface area (Å²) in [5, 5.41) is 2.96. The molecule has 3 aromatic rings. The maximum absolute atomic E-state index is 13.0. The lowest BCUT2D eigenvalue weighted by molar-refractivity contribution is -0.156. The summed E-state index contributed by atoms with van der Waals surface area (Å²) in [5.74, 6) is -0.789. The van der Waals surface area contributed by atoms with Crippen molar-refractivity contribution in [1.29, 1.82) is 0 Å². The molecule has 4 nitrogen and oxygen atoms in total. The molecule has 1 saturated carbocycles. The van der Waals surface area contributed by atoms with Crippen molar-refractivity contribution in [3.8, 4) is 0 Å². The van der Waals surface area contributed by atoms with E-state index in [2.05, 4.69) is 5.32 Å². The number of benzene rings is 3. The summed E-state index contributed by atoms with van der Waals surface area (Å²) in [7, 11) is 0. The van der Waals surface area contributed by atoms with E-state index in [0.29, 0.717) is 5.56 Å². The van der Waals surface area contributed by atoms with E-state index in [4.69, 9.17) is 4.74 Å². The Morgan fingerprint density at radius 2 is 1.23 bits per heavy atom. The summed E-state index contributed by atoms with van der Waals surface area (Å²) in [6, 6.07) is 29.2. The van der Waals surface area contributed by atoms with E-state index >= 15 is 0 Å². The van der Waals surface area contributed by atoms with E-state index in [0.717, 1.165) is 24.0 Å². The zero-order valence-corrected chi connectivity index (χ0v) is 16.7. The van der Waals surface area contributed by atoms with Crippen molar-refractivity contribution in [3.05, 3.63) is 108 Å². The van der Waals surface area contributed by atoms with Crippen molar-refractivity contribution in [2.75, 3.05) is 0 Å². The fourth-order valence-corrected chi connectivity index (χ4v) is 3.55. The van der Waals surface area contributed by atoms with Crippen molar-refractivity contribution >= 4 is 11.9 Å². The second-order valence-electron chi connectivity index (χ2n) is 7.64. The van der Waals surface area contributed by atoms with Gasteiger partial charge in [0.25, 0.3) is 5.91 Å². The molecule has 0 radical (unpaired) electrons. The first-order valence-corrected chi connectivity index (χ1v) is 10.4. The standard InChI is InChI=1S/C26H25NO3/c28-24(18-23(19-10-4-1-5-11-19)20-12-6-2-7-13-20)30-25(21-14-8-3-9-15-21)26(29)27-22-16-17-22/h1-15,22-23,25H,16-18H2,(H,27,29)/t25-/m0/s1. The zero-order chi connectivity index (χ0) is 20.8. The van der Waals surface area contributed by atoms with Crippen molar-refractivity contribution in [2.24, 2.45) is 0 Å². The van der Waals surface area contributed by atoms with Crippen molar-refractivity contribution < 1.29 is 14.3 Å². The number of hydrogen-bond donors (Lipinski definition) is 1. The third-order valence-corrected chi connectivity index (χ3v) is 5.29. The van der Waals surface area contributed by atoms with E-state index in [9.17, 15) is 9.59 Å². The summed E-state index contributed by atoms with van der Waals surface area (Å²) in [5.41, 5.74) is 2.76. The molecule has 1 fully saturated rings. The van der Waals surface area contributed by atoms with Gasteiger partial charge in [0.05, 0.1) is 6.42 Å². The Hall–Kier alpha value is -3.40. The highest BCUT2D eigenvalue weighted by atomic mass is 16.5. The highest BCUT2D eigenvalue weighted by Gasteiger charge is 2.31. The molecule has 152 valence electrons. The SMILES string of the molecule is O=C(CC(c1ccccc1)c1ccccc1)O[C@H](C(=O)NC1CC1)c1ccccc1. The second-order valence-corrected chi connectivity index (χ2v) is 7.64. The number of amides is 1. The first kappa shape index (κ1) is 19.9. The Bertz CT molecular complexity index is 929. The fraction of sp³-hybridized carbons (Fsp3) is 0.231. The minimum Gasteiger partial charge on any atom is -0.447 e. The van der Waals surface area contributed by atoms with Crippen LogP contribution in [0, 0.1) is 0 Å². The quantitative estimate of drug-likeness (QED) is 0.555. The van der Waals surface area contributed by atoms with Gasteiger partial charge >= 0.3 is 5.97 Å². The van der Waals surface area contributed by atoms with Crippen LogP contribution in [0.5, 0.6) is 0 Å². The third kappa shape index (κ3) is 5.15. The molecule has 1 aliphatic rings. The lowest BCUT2D eigenvalue weighted by Gasteiger charge is -2.21. The lowest BCUT2D eigenvalue weighted by atomic mass is 9.88. The minimum absolute atomic E-state index is 0.136. The van der Waals surface area contributed by atoms with E-state index in [1.165, 1.54) is 0 Å². The highest BCUT2D eigenvalue weighted by Crippen LogP contribution is 2.30. The van der Waals surface area contributed by atoms with Gasteiger partial charge in [0.2, 0.25) is 6.10 Å². The van der Waals surface area contributed by atoms with Gasteiger partial charge in [-0.25, -0.2) is 0 Å². The molecule has 0 heterocycles. The smallest absolute Gasteiger partial charge is 0.307 e. The Labute approximate surface area is 176 Å². The molecular weight excluding hydrogens is 374 g/mol. The molecule has 0 saturated heterocycles. The summed E-state index contributed by atoms with van der Waals surface area (Å²) < 4.78 is 5.75. The fourth-order valence-electron chi connectivity index (χ4n) is 3.55. The molecule has 0 aliphatic heterocycles. The molecule has 1 aliphatic carbocycles. The third-order valence-electron chi connectivity index (χ3n) is 5.29. The van der Waals surface area contributed by atoms with E-state index < -0.39 is 12.1 Å². The number of rotatable bonds is 8. The summed E-state index contributed by atoms with van der Waals surface area (Å²) in [6.45, 7) is 0. The van der Waals surface area contributed by atoms with Crippen molar-refractivity contribution in [1.82, 2.24) is 5.32 Å². The number of ether oxygens (including phenoxy) is 1. The van der Waals surface area contributed by atoms with Crippen LogP contribution in [-0.4, -0.2) is 17.9 Å². The van der Waals surface area contributed by atoms with Crippen molar-refractivity contribution in [3.63, 3.8) is 0 Å². The van der Waals surface area contributed by atoms with Crippen LogP contribution < -0.4 is 5.32 Å². The van der Waals surface area contributed by atoms with Gasteiger partial charge < -0.3 is 10.1 Å². The van der Waals surface area contributed by atoms with Crippen LogP contribution in [0.3, 0.4) is 0 Å². The molecule has 0 bridgehead atoms. The average Bonchev–Trinajstić information content (AvgIpc) is 3.61. The van der Waals surface area contributed by atoms with Crippen LogP contribution in [0.1, 0.15) is 48.0 Å². The second kappa shape index (κ2) is 9.40.